The number of amides is 1. The Morgan fingerprint density at radius 2 is 1.84 bits per heavy atom. The van der Waals surface area contributed by atoms with Crippen LogP contribution in [0.1, 0.15) is 54.9 Å². The van der Waals surface area contributed by atoms with Gasteiger partial charge in [-0.05, 0) is 55.2 Å². The van der Waals surface area contributed by atoms with Crippen molar-refractivity contribution in [3.05, 3.63) is 53.6 Å². The summed E-state index contributed by atoms with van der Waals surface area (Å²) in [6.45, 7) is 2.08. The third-order valence-electron chi connectivity index (χ3n) is 5.99. The van der Waals surface area contributed by atoms with Gasteiger partial charge in [0.2, 0.25) is 10.0 Å². The van der Waals surface area contributed by atoms with Crippen LogP contribution in [0.25, 0.3) is 10.2 Å². The number of nitrogens with zero attached hydrogens (tertiary/aromatic N) is 2. The lowest BCUT2D eigenvalue weighted by molar-refractivity contribution is 0.102. The van der Waals surface area contributed by atoms with E-state index in [-0.39, 0.29) is 16.8 Å². The van der Waals surface area contributed by atoms with Crippen LogP contribution in [0.4, 0.5) is 5.13 Å². The maximum atomic E-state index is 13.0. The summed E-state index contributed by atoms with van der Waals surface area (Å²) in [6, 6.07) is 12.2. The van der Waals surface area contributed by atoms with E-state index in [1.807, 2.05) is 18.2 Å². The van der Waals surface area contributed by atoms with Crippen molar-refractivity contribution < 1.29 is 13.2 Å². The summed E-state index contributed by atoms with van der Waals surface area (Å²) in [5.74, 6) is -0.304. The maximum absolute atomic E-state index is 13.0. The highest BCUT2D eigenvalue weighted by molar-refractivity contribution is 7.89. The van der Waals surface area contributed by atoms with Gasteiger partial charge in [0.05, 0.1) is 15.1 Å². The maximum Gasteiger partial charge on any atom is 0.257 e. The number of aromatic nitrogens is 1. The molecule has 0 radical (unpaired) electrons. The van der Waals surface area contributed by atoms with Crippen LogP contribution in [0.3, 0.4) is 0 Å². The summed E-state index contributed by atoms with van der Waals surface area (Å²) >= 11 is 1.43. The molecule has 0 saturated heterocycles. The second-order valence-corrected chi connectivity index (χ2v) is 11.0. The number of carbonyl (C=O) groups is 1. The molecule has 6 nitrogen and oxygen atoms in total. The number of carbonyl (C=O) groups excluding carboxylic acids is 1. The SMILES string of the molecule is CCc1cccc2sc(NC(=O)c3ccc(S(=O)(=O)N(C)C4CCCCC4)cc3)nc12. The van der Waals surface area contributed by atoms with Crippen LogP contribution in [0, 0.1) is 0 Å². The molecule has 1 aliphatic carbocycles. The molecule has 31 heavy (non-hydrogen) atoms. The molecular formula is C23H27N3O3S2. The van der Waals surface area contributed by atoms with Gasteiger partial charge in [-0.25, -0.2) is 13.4 Å². The first-order chi connectivity index (χ1) is 14.9. The molecule has 1 aromatic heterocycles. The van der Waals surface area contributed by atoms with Crippen LogP contribution in [0.5, 0.6) is 0 Å². The second kappa shape index (κ2) is 9.06. The van der Waals surface area contributed by atoms with Gasteiger partial charge < -0.3 is 0 Å². The van der Waals surface area contributed by atoms with Crippen molar-refractivity contribution in [3.63, 3.8) is 0 Å². The van der Waals surface area contributed by atoms with Crippen molar-refractivity contribution in [1.29, 1.82) is 0 Å². The number of thiazole rings is 1. The molecule has 3 aromatic rings. The van der Waals surface area contributed by atoms with E-state index in [2.05, 4.69) is 17.2 Å². The van der Waals surface area contributed by atoms with E-state index in [0.29, 0.717) is 10.7 Å². The van der Waals surface area contributed by atoms with Crippen molar-refractivity contribution in [3.8, 4) is 0 Å². The molecule has 0 unspecified atom stereocenters. The number of hydrogen-bond donors (Lipinski definition) is 1. The highest BCUT2D eigenvalue weighted by atomic mass is 32.2. The fourth-order valence-corrected chi connectivity index (χ4v) is 6.42. The van der Waals surface area contributed by atoms with Gasteiger partial charge in [-0.3, -0.25) is 10.1 Å². The lowest BCUT2D eigenvalue weighted by atomic mass is 9.96. The number of para-hydroxylation sites is 1. The minimum absolute atomic E-state index is 0.0498. The molecule has 0 aliphatic heterocycles. The summed E-state index contributed by atoms with van der Waals surface area (Å²) in [5, 5.41) is 3.38. The van der Waals surface area contributed by atoms with Gasteiger partial charge in [0.15, 0.2) is 5.13 Å². The van der Waals surface area contributed by atoms with E-state index >= 15 is 0 Å². The number of nitrogens with one attached hydrogen (secondary N) is 1. The molecule has 4 rings (SSSR count). The molecule has 0 bridgehead atoms. The molecule has 1 amide bonds. The zero-order valence-corrected chi connectivity index (χ0v) is 19.4. The predicted octanol–water partition coefficient (Wildman–Crippen LogP) is 5.06. The Balaban J connectivity index is 1.49. The third kappa shape index (κ3) is 4.51. The summed E-state index contributed by atoms with van der Waals surface area (Å²) in [4.78, 5) is 17.5. The van der Waals surface area contributed by atoms with Crippen molar-refractivity contribution in [1.82, 2.24) is 9.29 Å². The molecule has 1 fully saturated rings. The van der Waals surface area contributed by atoms with Crippen LogP contribution < -0.4 is 5.32 Å². The largest absolute Gasteiger partial charge is 0.298 e. The summed E-state index contributed by atoms with van der Waals surface area (Å²) in [7, 11) is -1.92. The lowest BCUT2D eigenvalue weighted by Gasteiger charge is -2.30. The standard InChI is InChI=1S/C23H27N3O3S2/c1-3-16-8-7-11-20-21(16)24-23(30-20)25-22(27)17-12-14-19(15-13-17)31(28,29)26(2)18-9-5-4-6-10-18/h7-8,11-15,18H,3-6,9-10H2,1-2H3,(H,24,25,27). The zero-order valence-electron chi connectivity index (χ0n) is 17.8. The van der Waals surface area contributed by atoms with Gasteiger partial charge in [0.25, 0.3) is 5.91 Å². The van der Waals surface area contributed by atoms with Gasteiger partial charge in [-0.2, -0.15) is 4.31 Å². The van der Waals surface area contributed by atoms with E-state index in [0.717, 1.165) is 47.9 Å². The average molecular weight is 458 g/mol. The minimum Gasteiger partial charge on any atom is -0.298 e. The van der Waals surface area contributed by atoms with Gasteiger partial charge in [-0.1, -0.05) is 49.7 Å². The van der Waals surface area contributed by atoms with Crippen molar-refractivity contribution in [2.75, 3.05) is 12.4 Å². The molecule has 164 valence electrons. The van der Waals surface area contributed by atoms with Gasteiger partial charge in [0, 0.05) is 18.7 Å². The Hall–Kier alpha value is -2.29. The first kappa shape index (κ1) is 21.9. The van der Waals surface area contributed by atoms with Crippen LogP contribution >= 0.6 is 11.3 Å². The normalized spacial score (nSPS) is 15.5. The van der Waals surface area contributed by atoms with Crippen LogP contribution in [-0.4, -0.2) is 36.7 Å². The molecule has 1 N–H and O–H groups in total. The molecule has 1 aliphatic rings. The van der Waals surface area contributed by atoms with Crippen LogP contribution in [0.15, 0.2) is 47.4 Å². The number of anilines is 1. The first-order valence-corrected chi connectivity index (χ1v) is 12.9. The molecule has 0 atom stereocenters. The fourth-order valence-electron chi connectivity index (χ4n) is 4.10. The zero-order chi connectivity index (χ0) is 22.0. The average Bonchev–Trinajstić information content (AvgIpc) is 3.21. The fraction of sp³-hybridized carbons (Fsp3) is 0.391. The number of aryl methyl sites for hydroxylation is 1. The van der Waals surface area contributed by atoms with Crippen LogP contribution in [-0.2, 0) is 16.4 Å². The van der Waals surface area contributed by atoms with Gasteiger partial charge in [-0.15, -0.1) is 0 Å². The number of fused-ring (bicyclic) bond motifs is 1. The Morgan fingerprint density at radius 1 is 1.13 bits per heavy atom. The Labute approximate surface area is 187 Å². The number of hydrogen-bond acceptors (Lipinski definition) is 5. The molecule has 1 heterocycles. The first-order valence-electron chi connectivity index (χ1n) is 10.7. The summed E-state index contributed by atoms with van der Waals surface area (Å²) in [6.07, 6.45) is 5.98. The molecule has 2 aromatic carbocycles. The lowest BCUT2D eigenvalue weighted by Crippen LogP contribution is -2.38. The second-order valence-electron chi connectivity index (χ2n) is 7.93. The van der Waals surface area contributed by atoms with Crippen molar-refractivity contribution in [2.24, 2.45) is 0 Å². The number of rotatable bonds is 6. The quantitative estimate of drug-likeness (QED) is 0.561. The minimum atomic E-state index is -3.57. The molecule has 8 heteroatoms. The van der Waals surface area contributed by atoms with Crippen LogP contribution in [0.2, 0.25) is 0 Å². The Morgan fingerprint density at radius 3 is 2.52 bits per heavy atom. The third-order valence-corrected chi connectivity index (χ3v) is 8.85. The molecule has 0 spiro atoms. The highest BCUT2D eigenvalue weighted by Crippen LogP contribution is 2.29. The van der Waals surface area contributed by atoms with Crippen molar-refractivity contribution in [2.45, 2.75) is 56.4 Å². The number of sulfonamides is 1. The summed E-state index contributed by atoms with van der Waals surface area (Å²) < 4.78 is 28.5. The monoisotopic (exact) mass is 457 g/mol. The smallest absolute Gasteiger partial charge is 0.257 e. The van der Waals surface area contributed by atoms with Gasteiger partial charge in [0.1, 0.15) is 0 Å². The Kier molecular flexibility index (Phi) is 6.41. The van der Waals surface area contributed by atoms with E-state index < -0.39 is 10.0 Å². The van der Waals surface area contributed by atoms with Crippen molar-refractivity contribution >= 4 is 42.6 Å². The number of benzene rings is 2. The Bertz CT molecular complexity index is 1180. The van der Waals surface area contributed by atoms with Gasteiger partial charge >= 0.3 is 0 Å². The predicted molar refractivity (Wildman–Crippen MR) is 125 cm³/mol. The molecular weight excluding hydrogens is 430 g/mol. The topological polar surface area (TPSA) is 79.4 Å². The van der Waals surface area contributed by atoms with E-state index in [9.17, 15) is 13.2 Å². The van der Waals surface area contributed by atoms with E-state index in [4.69, 9.17) is 0 Å². The molecule has 1 saturated carbocycles. The van der Waals surface area contributed by atoms with E-state index in [1.165, 1.54) is 34.2 Å². The van der Waals surface area contributed by atoms with E-state index in [1.54, 1.807) is 19.2 Å². The summed E-state index contributed by atoms with van der Waals surface area (Å²) in [5.41, 5.74) is 2.46. The highest BCUT2D eigenvalue weighted by Gasteiger charge is 2.29.